The SMILES string of the molecule is COC(OC)C(C)NCc1cccc2c1NCC2. The van der Waals surface area contributed by atoms with Crippen molar-refractivity contribution in [3.05, 3.63) is 29.3 Å². The van der Waals surface area contributed by atoms with Gasteiger partial charge in [0, 0.05) is 33.0 Å². The van der Waals surface area contributed by atoms with Gasteiger partial charge in [0.1, 0.15) is 0 Å². The van der Waals surface area contributed by atoms with Crippen molar-refractivity contribution >= 4 is 5.69 Å². The highest BCUT2D eigenvalue weighted by atomic mass is 16.7. The van der Waals surface area contributed by atoms with Crippen LogP contribution in [0.4, 0.5) is 5.69 Å². The summed E-state index contributed by atoms with van der Waals surface area (Å²) in [6, 6.07) is 6.62. The van der Waals surface area contributed by atoms with E-state index in [1.807, 2.05) is 0 Å². The van der Waals surface area contributed by atoms with Gasteiger partial charge in [-0.05, 0) is 24.5 Å². The second kappa shape index (κ2) is 6.18. The Morgan fingerprint density at radius 3 is 2.83 bits per heavy atom. The zero-order valence-corrected chi connectivity index (χ0v) is 11.3. The number of benzene rings is 1. The predicted molar refractivity (Wildman–Crippen MR) is 72.7 cm³/mol. The van der Waals surface area contributed by atoms with Crippen LogP contribution in [0, 0.1) is 0 Å². The van der Waals surface area contributed by atoms with Crippen LogP contribution in [0.2, 0.25) is 0 Å². The van der Waals surface area contributed by atoms with Gasteiger partial charge in [0.2, 0.25) is 0 Å². The molecule has 1 aliphatic heterocycles. The minimum Gasteiger partial charge on any atom is -0.384 e. The Kier molecular flexibility index (Phi) is 4.58. The lowest BCUT2D eigenvalue weighted by atomic mass is 10.1. The highest BCUT2D eigenvalue weighted by Gasteiger charge is 2.17. The second-order valence-electron chi connectivity index (χ2n) is 4.64. The first-order valence-electron chi connectivity index (χ1n) is 6.40. The number of fused-ring (bicyclic) bond motifs is 1. The standard InChI is InChI=1S/C14H22N2O2/c1-10(14(17-2)18-3)16-9-12-6-4-5-11-7-8-15-13(11)12/h4-6,10,14-16H,7-9H2,1-3H3. The molecule has 1 aliphatic rings. The van der Waals surface area contributed by atoms with E-state index in [9.17, 15) is 0 Å². The van der Waals surface area contributed by atoms with Crippen molar-refractivity contribution in [3.8, 4) is 0 Å². The van der Waals surface area contributed by atoms with Crippen LogP contribution in [0.3, 0.4) is 0 Å². The number of hydrogen-bond donors (Lipinski definition) is 2. The van der Waals surface area contributed by atoms with Crippen LogP contribution < -0.4 is 10.6 Å². The largest absolute Gasteiger partial charge is 0.384 e. The van der Waals surface area contributed by atoms with Gasteiger partial charge in [0.25, 0.3) is 0 Å². The van der Waals surface area contributed by atoms with Crippen LogP contribution in [0.5, 0.6) is 0 Å². The fourth-order valence-electron chi connectivity index (χ4n) is 2.43. The van der Waals surface area contributed by atoms with Crippen molar-refractivity contribution in [2.24, 2.45) is 0 Å². The molecule has 18 heavy (non-hydrogen) atoms. The predicted octanol–water partition coefficient (Wildman–Crippen LogP) is 1.75. The molecule has 0 aromatic heterocycles. The Morgan fingerprint density at radius 1 is 1.33 bits per heavy atom. The van der Waals surface area contributed by atoms with Crippen LogP contribution in [-0.2, 0) is 22.4 Å². The molecule has 1 aromatic rings. The molecular weight excluding hydrogens is 228 g/mol. The van der Waals surface area contributed by atoms with Gasteiger partial charge in [0.05, 0.1) is 6.04 Å². The highest BCUT2D eigenvalue weighted by Crippen LogP contribution is 2.26. The number of methoxy groups -OCH3 is 2. The summed E-state index contributed by atoms with van der Waals surface area (Å²) >= 11 is 0. The monoisotopic (exact) mass is 250 g/mol. The van der Waals surface area contributed by atoms with E-state index >= 15 is 0 Å². The molecule has 0 aliphatic carbocycles. The van der Waals surface area contributed by atoms with Crippen molar-refractivity contribution in [2.75, 3.05) is 26.1 Å². The summed E-state index contributed by atoms with van der Waals surface area (Å²) in [6.07, 6.45) is 0.909. The van der Waals surface area contributed by atoms with Crippen molar-refractivity contribution in [2.45, 2.75) is 32.2 Å². The van der Waals surface area contributed by atoms with Crippen molar-refractivity contribution < 1.29 is 9.47 Å². The summed E-state index contributed by atoms with van der Waals surface area (Å²) in [6.45, 7) is 3.93. The van der Waals surface area contributed by atoms with Gasteiger partial charge in [0.15, 0.2) is 6.29 Å². The van der Waals surface area contributed by atoms with Gasteiger partial charge < -0.3 is 20.1 Å². The molecule has 0 spiro atoms. The number of hydrogen-bond acceptors (Lipinski definition) is 4. The molecule has 4 nitrogen and oxygen atoms in total. The molecule has 1 aromatic carbocycles. The third-order valence-corrected chi connectivity index (χ3v) is 3.42. The first-order chi connectivity index (χ1) is 8.76. The molecule has 100 valence electrons. The van der Waals surface area contributed by atoms with E-state index in [0.717, 1.165) is 19.5 Å². The molecule has 0 saturated carbocycles. The Morgan fingerprint density at radius 2 is 2.11 bits per heavy atom. The topological polar surface area (TPSA) is 42.5 Å². The summed E-state index contributed by atoms with van der Waals surface area (Å²) in [4.78, 5) is 0. The average Bonchev–Trinajstić information content (AvgIpc) is 2.86. The quantitative estimate of drug-likeness (QED) is 0.755. The maximum absolute atomic E-state index is 5.24. The summed E-state index contributed by atoms with van der Waals surface area (Å²) in [7, 11) is 3.32. The molecule has 1 heterocycles. The third-order valence-electron chi connectivity index (χ3n) is 3.42. The summed E-state index contributed by atoms with van der Waals surface area (Å²) in [5.41, 5.74) is 4.02. The number of para-hydroxylation sites is 1. The molecule has 4 heteroatoms. The van der Waals surface area contributed by atoms with Crippen molar-refractivity contribution in [1.29, 1.82) is 0 Å². The van der Waals surface area contributed by atoms with Crippen LogP contribution in [-0.4, -0.2) is 33.1 Å². The first kappa shape index (κ1) is 13.3. The molecule has 0 radical (unpaired) electrons. The van der Waals surface area contributed by atoms with E-state index < -0.39 is 0 Å². The smallest absolute Gasteiger partial charge is 0.171 e. The van der Waals surface area contributed by atoms with E-state index in [2.05, 4.69) is 35.8 Å². The normalized spacial score (nSPS) is 15.6. The summed E-state index contributed by atoms with van der Waals surface area (Å²) in [5.74, 6) is 0. The van der Waals surface area contributed by atoms with Gasteiger partial charge >= 0.3 is 0 Å². The number of anilines is 1. The summed E-state index contributed by atoms with van der Waals surface area (Å²) < 4.78 is 10.5. The molecule has 0 amide bonds. The summed E-state index contributed by atoms with van der Waals surface area (Å²) in [5, 5.41) is 6.89. The van der Waals surface area contributed by atoms with Gasteiger partial charge in [-0.2, -0.15) is 0 Å². The Bertz CT molecular complexity index is 391. The van der Waals surface area contributed by atoms with E-state index in [-0.39, 0.29) is 12.3 Å². The lowest BCUT2D eigenvalue weighted by Gasteiger charge is -2.22. The van der Waals surface area contributed by atoms with Crippen molar-refractivity contribution in [3.63, 3.8) is 0 Å². The first-order valence-corrected chi connectivity index (χ1v) is 6.40. The van der Waals surface area contributed by atoms with Gasteiger partial charge in [-0.25, -0.2) is 0 Å². The van der Waals surface area contributed by atoms with Gasteiger partial charge in [-0.3, -0.25) is 0 Å². The average molecular weight is 250 g/mol. The minimum atomic E-state index is -0.213. The Balaban J connectivity index is 1.96. The van der Waals surface area contributed by atoms with E-state index in [0.29, 0.717) is 0 Å². The Labute approximate surface area is 109 Å². The third kappa shape index (κ3) is 2.83. The van der Waals surface area contributed by atoms with E-state index in [4.69, 9.17) is 9.47 Å². The van der Waals surface area contributed by atoms with Gasteiger partial charge in [-0.1, -0.05) is 18.2 Å². The maximum Gasteiger partial charge on any atom is 0.171 e. The van der Waals surface area contributed by atoms with Crippen molar-refractivity contribution in [1.82, 2.24) is 5.32 Å². The molecule has 1 atom stereocenters. The van der Waals surface area contributed by atoms with Gasteiger partial charge in [-0.15, -0.1) is 0 Å². The molecule has 0 fully saturated rings. The highest BCUT2D eigenvalue weighted by molar-refractivity contribution is 5.61. The van der Waals surface area contributed by atoms with Crippen LogP contribution in [0.25, 0.3) is 0 Å². The zero-order chi connectivity index (χ0) is 13.0. The lowest BCUT2D eigenvalue weighted by molar-refractivity contribution is -0.119. The zero-order valence-electron chi connectivity index (χ0n) is 11.3. The lowest BCUT2D eigenvalue weighted by Crippen LogP contribution is -2.39. The number of rotatable bonds is 6. The number of ether oxygens (including phenoxy) is 2. The molecule has 2 N–H and O–H groups in total. The molecule has 0 saturated heterocycles. The molecule has 2 rings (SSSR count). The van der Waals surface area contributed by atoms with Crippen LogP contribution in [0.15, 0.2) is 18.2 Å². The molecular formula is C14H22N2O2. The minimum absolute atomic E-state index is 0.150. The van der Waals surface area contributed by atoms with Crippen LogP contribution >= 0.6 is 0 Å². The molecule has 0 bridgehead atoms. The van der Waals surface area contributed by atoms with E-state index in [1.165, 1.54) is 16.8 Å². The molecule has 1 unspecified atom stereocenters. The maximum atomic E-state index is 5.24. The van der Waals surface area contributed by atoms with E-state index in [1.54, 1.807) is 14.2 Å². The Hall–Kier alpha value is -1.10. The number of nitrogens with one attached hydrogen (secondary N) is 2. The fraction of sp³-hybridized carbons (Fsp3) is 0.571. The fourth-order valence-corrected chi connectivity index (χ4v) is 2.43. The van der Waals surface area contributed by atoms with Crippen LogP contribution in [0.1, 0.15) is 18.1 Å². The second-order valence-corrected chi connectivity index (χ2v) is 4.64.